The second kappa shape index (κ2) is 13.2. The van der Waals surface area contributed by atoms with Crippen LogP contribution in [0.3, 0.4) is 0 Å². The first-order chi connectivity index (χ1) is 18.4. The van der Waals surface area contributed by atoms with Crippen LogP contribution < -0.4 is 11.1 Å². The number of hydrogen-bond donors (Lipinski definition) is 2. The molecular weight excluding hydrogens is 476 g/mol. The van der Waals surface area contributed by atoms with Crippen LogP contribution in [0.25, 0.3) is 0 Å². The van der Waals surface area contributed by atoms with Gasteiger partial charge in [0.25, 0.3) is 0 Å². The van der Waals surface area contributed by atoms with E-state index in [4.69, 9.17) is 10.7 Å². The van der Waals surface area contributed by atoms with Crippen LogP contribution in [0.1, 0.15) is 93.9 Å². The van der Waals surface area contributed by atoms with Gasteiger partial charge in [-0.15, -0.1) is 0 Å². The summed E-state index contributed by atoms with van der Waals surface area (Å²) < 4.78 is 29.6. The van der Waals surface area contributed by atoms with E-state index in [0.29, 0.717) is 37.3 Å². The Morgan fingerprint density at radius 3 is 2.39 bits per heavy atom. The third kappa shape index (κ3) is 6.73. The monoisotopic (exact) mass is 519 g/mol. The van der Waals surface area contributed by atoms with Gasteiger partial charge in [-0.25, -0.2) is 8.78 Å². The van der Waals surface area contributed by atoms with E-state index in [1.54, 1.807) is 12.3 Å². The van der Waals surface area contributed by atoms with Gasteiger partial charge in [0.2, 0.25) is 0 Å². The number of halogens is 2. The molecule has 38 heavy (non-hydrogen) atoms. The van der Waals surface area contributed by atoms with Crippen molar-refractivity contribution in [2.75, 3.05) is 0 Å². The van der Waals surface area contributed by atoms with Gasteiger partial charge in [-0.1, -0.05) is 63.9 Å². The predicted molar refractivity (Wildman–Crippen MR) is 154 cm³/mol. The number of rotatable bonds is 12. The highest BCUT2D eigenvalue weighted by atomic mass is 19.1. The van der Waals surface area contributed by atoms with E-state index in [9.17, 15) is 4.39 Å². The lowest BCUT2D eigenvalue weighted by atomic mass is 9.74. The first kappa shape index (κ1) is 28.1. The number of nitrogens with one attached hydrogen (secondary N) is 1. The fourth-order valence-electron chi connectivity index (χ4n) is 5.39. The molecule has 2 aromatic carbocycles. The lowest BCUT2D eigenvalue weighted by Crippen LogP contribution is -2.41. The molecule has 0 radical (unpaired) electrons. The van der Waals surface area contributed by atoms with Crippen molar-refractivity contribution >= 4 is 6.21 Å². The van der Waals surface area contributed by atoms with Crippen LogP contribution in [-0.2, 0) is 19.4 Å². The van der Waals surface area contributed by atoms with Crippen molar-refractivity contribution in [1.29, 1.82) is 0 Å². The van der Waals surface area contributed by atoms with Gasteiger partial charge in [-0.2, -0.15) is 0 Å². The molecule has 3 N–H and O–H groups in total. The molecule has 4 rings (SSSR count). The Bertz CT molecular complexity index is 1170. The molecule has 0 bridgehead atoms. The summed E-state index contributed by atoms with van der Waals surface area (Å²) in [4.78, 5) is 4.70. The highest BCUT2D eigenvalue weighted by Gasteiger charge is 2.35. The molecule has 1 atom stereocenters. The molecule has 2 aromatic rings. The number of nitrogens with zero attached hydrogens (tertiary/aromatic N) is 1. The average Bonchev–Trinajstić information content (AvgIpc) is 2.86. The first-order valence-corrected chi connectivity index (χ1v) is 14.4. The summed E-state index contributed by atoms with van der Waals surface area (Å²) in [5, 5.41) is 3.66. The highest BCUT2D eigenvalue weighted by molar-refractivity contribution is 5.84. The van der Waals surface area contributed by atoms with Gasteiger partial charge in [0, 0.05) is 35.3 Å². The van der Waals surface area contributed by atoms with Gasteiger partial charge < -0.3 is 11.1 Å². The topological polar surface area (TPSA) is 50.4 Å². The molecule has 2 fully saturated rings. The quantitative estimate of drug-likeness (QED) is 0.280. The number of aliphatic imine (C=N–C) groups is 1. The summed E-state index contributed by atoms with van der Waals surface area (Å²) in [6.07, 6.45) is 11.9. The molecule has 204 valence electrons. The van der Waals surface area contributed by atoms with Crippen LogP contribution in [0.2, 0.25) is 0 Å². The Kier molecular flexibility index (Phi) is 9.76. The van der Waals surface area contributed by atoms with E-state index in [1.807, 2.05) is 13.1 Å². The standard InChI is InChI=1S/C33H43F2N3/c1-4-7-25-14-15-30(34)31(32(25)35)27-17-29(18-27)38-33(26-8-6-9-26)28(19-36)21-37-20-24-12-10-23(11-13-24)16-22(3)5-2/h10-15,19,21-22,27,29,38H,4-9,16-18,20,36H2,1-3H3/b28-19+,37-21?. The maximum atomic E-state index is 15.0. The van der Waals surface area contributed by atoms with Gasteiger partial charge in [-0.05, 0) is 85.1 Å². The fourth-order valence-corrected chi connectivity index (χ4v) is 5.39. The van der Waals surface area contributed by atoms with Crippen LogP contribution in [-0.4, -0.2) is 12.3 Å². The SMILES string of the molecule is CCCc1ccc(F)c(C2CC(NC(=C3CCC3)/C(C=NCc3ccc(CC(C)CC)cc3)=C/N)C2)c1F. The van der Waals surface area contributed by atoms with Crippen LogP contribution in [0, 0.1) is 17.6 Å². The van der Waals surface area contributed by atoms with Crippen molar-refractivity contribution in [1.82, 2.24) is 5.32 Å². The molecule has 0 heterocycles. The number of aryl methyl sites for hydroxylation is 1. The maximum Gasteiger partial charge on any atom is 0.132 e. The number of allylic oxidation sites excluding steroid dienone is 2. The second-order valence-corrected chi connectivity index (χ2v) is 11.2. The molecule has 2 saturated carbocycles. The van der Waals surface area contributed by atoms with Crippen molar-refractivity contribution in [3.63, 3.8) is 0 Å². The van der Waals surface area contributed by atoms with Crippen LogP contribution in [0.5, 0.6) is 0 Å². The third-order valence-corrected chi connectivity index (χ3v) is 8.21. The number of benzene rings is 2. The third-order valence-electron chi connectivity index (χ3n) is 8.21. The van der Waals surface area contributed by atoms with Gasteiger partial charge in [-0.3, -0.25) is 4.99 Å². The molecule has 0 aliphatic heterocycles. The summed E-state index contributed by atoms with van der Waals surface area (Å²) in [7, 11) is 0. The van der Waals surface area contributed by atoms with Crippen molar-refractivity contribution in [2.45, 2.75) is 97.1 Å². The molecular formula is C33H43F2N3. The van der Waals surface area contributed by atoms with E-state index in [2.05, 4.69) is 43.4 Å². The van der Waals surface area contributed by atoms with E-state index in [0.717, 1.165) is 37.0 Å². The fraction of sp³-hybridized carbons (Fsp3) is 0.485. The van der Waals surface area contributed by atoms with Gasteiger partial charge >= 0.3 is 0 Å². The summed E-state index contributed by atoms with van der Waals surface area (Å²) in [6, 6.07) is 11.9. The Balaban J connectivity index is 1.38. The number of hydrogen-bond acceptors (Lipinski definition) is 3. The van der Waals surface area contributed by atoms with Crippen molar-refractivity contribution in [2.24, 2.45) is 16.6 Å². The molecule has 2 aliphatic rings. The zero-order chi connectivity index (χ0) is 27.1. The van der Waals surface area contributed by atoms with Crippen molar-refractivity contribution in [3.05, 3.63) is 93.3 Å². The van der Waals surface area contributed by atoms with Gasteiger partial charge in [0.05, 0.1) is 6.54 Å². The molecule has 3 nitrogen and oxygen atoms in total. The molecule has 0 spiro atoms. The van der Waals surface area contributed by atoms with E-state index in [-0.39, 0.29) is 23.3 Å². The summed E-state index contributed by atoms with van der Waals surface area (Å²) in [5.74, 6) is -0.183. The van der Waals surface area contributed by atoms with E-state index >= 15 is 4.39 Å². The Morgan fingerprint density at radius 1 is 1.08 bits per heavy atom. The molecule has 0 amide bonds. The minimum Gasteiger partial charge on any atom is -0.404 e. The van der Waals surface area contributed by atoms with E-state index < -0.39 is 5.82 Å². The Hall–Kier alpha value is -2.95. The molecule has 0 aromatic heterocycles. The minimum absolute atomic E-state index is 0.0980. The minimum atomic E-state index is -0.425. The Morgan fingerprint density at radius 2 is 1.79 bits per heavy atom. The van der Waals surface area contributed by atoms with E-state index in [1.165, 1.54) is 35.6 Å². The van der Waals surface area contributed by atoms with Gasteiger partial charge in [0.15, 0.2) is 0 Å². The van der Waals surface area contributed by atoms with Crippen molar-refractivity contribution in [3.8, 4) is 0 Å². The predicted octanol–water partition coefficient (Wildman–Crippen LogP) is 7.89. The molecule has 0 saturated heterocycles. The molecule has 5 heteroatoms. The first-order valence-electron chi connectivity index (χ1n) is 14.4. The Labute approximate surface area is 227 Å². The lowest BCUT2D eigenvalue weighted by molar-refractivity contribution is 0.294. The summed E-state index contributed by atoms with van der Waals surface area (Å²) in [5.41, 5.74) is 12.8. The highest BCUT2D eigenvalue weighted by Crippen LogP contribution is 2.41. The van der Waals surface area contributed by atoms with Gasteiger partial charge in [0.1, 0.15) is 11.6 Å². The second-order valence-electron chi connectivity index (χ2n) is 11.2. The lowest BCUT2D eigenvalue weighted by Gasteiger charge is -2.39. The summed E-state index contributed by atoms with van der Waals surface area (Å²) in [6.45, 7) is 7.12. The number of nitrogens with two attached hydrogens (primary N) is 1. The zero-order valence-electron chi connectivity index (χ0n) is 23.2. The molecule has 1 unspecified atom stereocenters. The molecule has 2 aliphatic carbocycles. The zero-order valence-corrected chi connectivity index (χ0v) is 23.2. The maximum absolute atomic E-state index is 15.0. The summed E-state index contributed by atoms with van der Waals surface area (Å²) >= 11 is 0. The van der Waals surface area contributed by atoms with Crippen LogP contribution >= 0.6 is 0 Å². The van der Waals surface area contributed by atoms with Crippen molar-refractivity contribution < 1.29 is 8.78 Å². The average molecular weight is 520 g/mol. The normalized spacial score (nSPS) is 20.2. The van der Waals surface area contributed by atoms with Crippen LogP contribution in [0.15, 0.2) is 64.4 Å². The van der Waals surface area contributed by atoms with Crippen LogP contribution in [0.4, 0.5) is 8.78 Å². The smallest absolute Gasteiger partial charge is 0.132 e. The largest absolute Gasteiger partial charge is 0.404 e.